The van der Waals surface area contributed by atoms with Gasteiger partial charge in [-0.2, -0.15) is 5.10 Å². The second kappa shape index (κ2) is 7.85. The Morgan fingerprint density at radius 1 is 1.15 bits per heavy atom. The van der Waals surface area contributed by atoms with Crippen LogP contribution in [0.1, 0.15) is 41.8 Å². The van der Waals surface area contributed by atoms with Crippen molar-refractivity contribution < 1.29 is 4.79 Å². The molecule has 0 unspecified atom stereocenters. The molecule has 1 saturated heterocycles. The number of nitrogens with zero attached hydrogens (tertiary/aromatic N) is 6. The summed E-state index contributed by atoms with van der Waals surface area (Å²) >= 11 is 1.15. The van der Waals surface area contributed by atoms with Gasteiger partial charge in [0, 0.05) is 44.2 Å². The van der Waals surface area contributed by atoms with Gasteiger partial charge in [-0.3, -0.25) is 14.5 Å². The van der Waals surface area contributed by atoms with Crippen molar-refractivity contribution in [3.63, 3.8) is 0 Å². The molecule has 0 radical (unpaired) electrons. The van der Waals surface area contributed by atoms with Crippen LogP contribution in [0.15, 0.2) is 16.9 Å². The topological polar surface area (TPSA) is 84.2 Å². The van der Waals surface area contributed by atoms with Crippen LogP contribution in [0.2, 0.25) is 0 Å². The quantitative estimate of drug-likeness (QED) is 0.779. The Kier molecular flexibility index (Phi) is 5.71. The molecule has 0 aliphatic carbocycles. The number of amides is 1. The third kappa shape index (κ3) is 4.59. The minimum Gasteiger partial charge on any atom is -0.335 e. The maximum atomic E-state index is 12.5. The number of carbonyl (C=O) groups excluding carboxylic acids is 1. The summed E-state index contributed by atoms with van der Waals surface area (Å²) in [6.45, 7) is 12.3. The van der Waals surface area contributed by atoms with Crippen LogP contribution in [-0.2, 0) is 12.0 Å². The smallest absolute Gasteiger partial charge is 0.267 e. The normalized spacial score (nSPS) is 15.9. The van der Waals surface area contributed by atoms with Crippen LogP contribution in [0.3, 0.4) is 0 Å². The fourth-order valence-electron chi connectivity index (χ4n) is 2.99. The molecule has 0 atom stereocenters. The molecule has 0 spiro atoms. The van der Waals surface area contributed by atoms with Crippen LogP contribution in [0.5, 0.6) is 0 Å². The number of aromatic nitrogens is 4. The molecule has 0 saturated carbocycles. The van der Waals surface area contributed by atoms with Gasteiger partial charge >= 0.3 is 0 Å². The zero-order chi connectivity index (χ0) is 19.6. The molecule has 8 nitrogen and oxygen atoms in total. The molecule has 3 heterocycles. The van der Waals surface area contributed by atoms with Gasteiger partial charge in [0.2, 0.25) is 0 Å². The van der Waals surface area contributed by atoms with E-state index in [0.717, 1.165) is 36.9 Å². The lowest BCUT2D eigenvalue weighted by atomic mass is 9.92. The molecule has 146 valence electrons. The lowest BCUT2D eigenvalue weighted by Gasteiger charge is -2.34. The van der Waals surface area contributed by atoms with Crippen LogP contribution < -0.4 is 5.56 Å². The summed E-state index contributed by atoms with van der Waals surface area (Å²) in [5, 5.41) is 8.43. The summed E-state index contributed by atoms with van der Waals surface area (Å²) in [7, 11) is 0. The molecule has 0 N–H and O–H groups in total. The monoisotopic (exact) mass is 390 g/mol. The molecule has 2 aromatic heterocycles. The molecule has 1 fully saturated rings. The summed E-state index contributed by atoms with van der Waals surface area (Å²) in [5.41, 5.74) is 1.43. The highest BCUT2D eigenvalue weighted by atomic mass is 32.1. The number of rotatable bonds is 4. The van der Waals surface area contributed by atoms with E-state index in [1.165, 1.54) is 0 Å². The Bertz CT molecular complexity index is 861. The van der Waals surface area contributed by atoms with E-state index in [1.54, 1.807) is 16.8 Å². The van der Waals surface area contributed by atoms with E-state index in [4.69, 9.17) is 0 Å². The van der Waals surface area contributed by atoms with Gasteiger partial charge in [0.15, 0.2) is 0 Å². The molecule has 0 bridgehead atoms. The number of hydrogen-bond donors (Lipinski definition) is 0. The lowest BCUT2D eigenvalue weighted by molar-refractivity contribution is 0.0635. The summed E-state index contributed by atoms with van der Waals surface area (Å²) in [4.78, 5) is 29.4. The second-order valence-corrected chi connectivity index (χ2v) is 8.61. The van der Waals surface area contributed by atoms with Gasteiger partial charge in [0.25, 0.3) is 11.5 Å². The third-order valence-corrected chi connectivity index (χ3v) is 5.58. The molecule has 1 aliphatic heterocycles. The van der Waals surface area contributed by atoms with Crippen molar-refractivity contribution in [1.29, 1.82) is 0 Å². The molecule has 3 rings (SSSR count). The van der Waals surface area contributed by atoms with E-state index in [0.29, 0.717) is 30.2 Å². The Balaban J connectivity index is 1.55. The van der Waals surface area contributed by atoms with Crippen molar-refractivity contribution in [2.45, 2.75) is 39.7 Å². The molecular weight excluding hydrogens is 364 g/mol. The first-order valence-electron chi connectivity index (χ1n) is 9.15. The van der Waals surface area contributed by atoms with Crippen LogP contribution >= 0.6 is 11.5 Å². The van der Waals surface area contributed by atoms with E-state index in [-0.39, 0.29) is 16.9 Å². The average molecular weight is 391 g/mol. The number of piperazine rings is 1. The van der Waals surface area contributed by atoms with E-state index in [2.05, 4.69) is 40.4 Å². The summed E-state index contributed by atoms with van der Waals surface area (Å²) < 4.78 is 5.39. The maximum Gasteiger partial charge on any atom is 0.267 e. The van der Waals surface area contributed by atoms with Crippen molar-refractivity contribution in [3.8, 4) is 0 Å². The SMILES string of the molecule is Cc1nnsc1C(=O)N1CCN(CCn2nc(C(C)(C)C)ccc2=O)CC1. The van der Waals surface area contributed by atoms with Crippen LogP contribution in [0.4, 0.5) is 0 Å². The van der Waals surface area contributed by atoms with Gasteiger partial charge in [-0.15, -0.1) is 5.10 Å². The number of carbonyl (C=O) groups is 1. The van der Waals surface area contributed by atoms with Gasteiger partial charge in [-0.1, -0.05) is 25.3 Å². The van der Waals surface area contributed by atoms with Crippen LogP contribution in [0, 0.1) is 6.92 Å². The summed E-state index contributed by atoms with van der Waals surface area (Å²) in [5.74, 6) is 0.0120. The fraction of sp³-hybridized carbons (Fsp3) is 0.611. The standard InChI is InChI=1S/C18H26N6O2S/c1-13-16(27-21-19-13)17(26)23-10-7-22(8-11-23)9-12-24-15(25)6-5-14(20-24)18(2,3)4/h5-6H,7-12H2,1-4H3. The Labute approximate surface area is 163 Å². The van der Waals surface area contributed by atoms with E-state index in [1.807, 2.05) is 11.8 Å². The number of hydrogen-bond acceptors (Lipinski definition) is 7. The van der Waals surface area contributed by atoms with Gasteiger partial charge in [0.05, 0.1) is 17.9 Å². The maximum absolute atomic E-state index is 12.5. The zero-order valence-electron chi connectivity index (χ0n) is 16.3. The first-order valence-corrected chi connectivity index (χ1v) is 9.92. The average Bonchev–Trinajstić information content (AvgIpc) is 3.06. The molecule has 1 aliphatic rings. The first-order chi connectivity index (χ1) is 12.8. The predicted octanol–water partition coefficient (Wildman–Crippen LogP) is 1.16. The molecule has 2 aromatic rings. The van der Waals surface area contributed by atoms with Crippen molar-refractivity contribution in [2.75, 3.05) is 32.7 Å². The van der Waals surface area contributed by atoms with Crippen molar-refractivity contribution in [1.82, 2.24) is 29.2 Å². The highest BCUT2D eigenvalue weighted by molar-refractivity contribution is 7.07. The zero-order valence-corrected chi connectivity index (χ0v) is 17.1. The Morgan fingerprint density at radius 2 is 1.85 bits per heavy atom. The fourth-order valence-corrected chi connectivity index (χ4v) is 3.62. The van der Waals surface area contributed by atoms with Crippen molar-refractivity contribution in [3.05, 3.63) is 38.8 Å². The Hall–Kier alpha value is -2.13. The van der Waals surface area contributed by atoms with E-state index >= 15 is 0 Å². The molecular formula is C18H26N6O2S. The van der Waals surface area contributed by atoms with Gasteiger partial charge in [-0.05, 0) is 24.5 Å². The predicted molar refractivity (Wildman–Crippen MR) is 104 cm³/mol. The van der Waals surface area contributed by atoms with Crippen LogP contribution in [0.25, 0.3) is 0 Å². The molecule has 27 heavy (non-hydrogen) atoms. The van der Waals surface area contributed by atoms with Gasteiger partial charge < -0.3 is 4.90 Å². The van der Waals surface area contributed by atoms with E-state index in [9.17, 15) is 9.59 Å². The summed E-state index contributed by atoms with van der Waals surface area (Å²) in [6, 6.07) is 3.40. The summed E-state index contributed by atoms with van der Waals surface area (Å²) in [6.07, 6.45) is 0. The van der Waals surface area contributed by atoms with Crippen molar-refractivity contribution in [2.24, 2.45) is 0 Å². The van der Waals surface area contributed by atoms with Crippen LogP contribution in [-0.4, -0.2) is 67.8 Å². The molecule has 1 amide bonds. The first kappa shape index (κ1) is 19.6. The van der Waals surface area contributed by atoms with Crippen molar-refractivity contribution >= 4 is 17.4 Å². The molecule has 0 aromatic carbocycles. The van der Waals surface area contributed by atoms with E-state index < -0.39 is 0 Å². The highest BCUT2D eigenvalue weighted by Gasteiger charge is 2.25. The highest BCUT2D eigenvalue weighted by Crippen LogP contribution is 2.18. The minimum absolute atomic E-state index is 0.0120. The lowest BCUT2D eigenvalue weighted by Crippen LogP contribution is -2.49. The minimum atomic E-state index is -0.0922. The van der Waals surface area contributed by atoms with Gasteiger partial charge in [-0.25, -0.2) is 4.68 Å². The number of aryl methyl sites for hydroxylation is 1. The van der Waals surface area contributed by atoms with Gasteiger partial charge in [0.1, 0.15) is 4.88 Å². The second-order valence-electron chi connectivity index (χ2n) is 7.85. The third-order valence-electron chi connectivity index (χ3n) is 4.77. The molecule has 9 heteroatoms. The Morgan fingerprint density at radius 3 is 2.44 bits per heavy atom. The largest absolute Gasteiger partial charge is 0.335 e.